The van der Waals surface area contributed by atoms with Gasteiger partial charge in [-0.25, -0.2) is 0 Å². The fraction of sp³-hybridized carbons (Fsp3) is 1.00. The predicted octanol–water partition coefficient (Wildman–Crippen LogP) is 0.0538. The first-order valence-corrected chi connectivity index (χ1v) is 5.01. The number of halogens is 2. The molecule has 0 atom stereocenters. The summed E-state index contributed by atoms with van der Waals surface area (Å²) in [6.07, 6.45) is 0. The molecule has 0 heterocycles. The summed E-state index contributed by atoms with van der Waals surface area (Å²) in [6, 6.07) is 0. The zero-order valence-electron chi connectivity index (χ0n) is 4.63. The molecule has 0 aliphatic heterocycles. The quantitative estimate of drug-likeness (QED) is 0.468. The van der Waals surface area contributed by atoms with E-state index in [1.165, 1.54) is 0 Å². The van der Waals surface area contributed by atoms with E-state index >= 15 is 0 Å². The summed E-state index contributed by atoms with van der Waals surface area (Å²) < 4.78 is 50.2. The van der Waals surface area contributed by atoms with Crippen molar-refractivity contribution in [3.63, 3.8) is 0 Å². The Hall–Kier alpha value is 0.770. The molecule has 0 aromatic heterocycles. The molecule has 0 saturated heterocycles. The van der Waals surface area contributed by atoms with E-state index in [4.69, 9.17) is 4.55 Å². The van der Waals surface area contributed by atoms with Crippen LogP contribution in [0, 0.1) is 0 Å². The summed E-state index contributed by atoms with van der Waals surface area (Å²) in [5.74, 6) is 0. The van der Waals surface area contributed by atoms with Crippen molar-refractivity contribution in [2.75, 3.05) is 0 Å². The SMILES string of the molecule is O=S(=O)(O)C(F)(F)[CH2][Na]. The standard InChI is InChI=1S/C2H3F2O3S.Na/c1-2(3,4)8(5,6)7;/h1H2,(H,5,6,7);. The number of rotatable bonds is 2. The van der Waals surface area contributed by atoms with Gasteiger partial charge in [-0.1, -0.05) is 0 Å². The number of hydrogen-bond acceptors (Lipinski definition) is 2. The van der Waals surface area contributed by atoms with Gasteiger partial charge in [-0.05, 0) is 0 Å². The average molecular weight is 168 g/mol. The van der Waals surface area contributed by atoms with Crippen LogP contribution in [0.5, 0.6) is 0 Å². The van der Waals surface area contributed by atoms with Crippen LogP contribution in [0.1, 0.15) is 0 Å². The van der Waals surface area contributed by atoms with Gasteiger partial charge in [0, 0.05) is 0 Å². The van der Waals surface area contributed by atoms with Gasteiger partial charge in [-0.15, -0.1) is 0 Å². The first kappa shape index (κ1) is 9.77. The Kier molecular flexibility index (Phi) is 3.03. The maximum absolute atomic E-state index is 11.9. The Balaban J connectivity index is 4.56. The first-order valence-electron chi connectivity index (χ1n) is 2.16. The molecular formula is C2H3F2NaO3S. The van der Waals surface area contributed by atoms with Crippen LogP contribution in [0.3, 0.4) is 0 Å². The molecule has 7 heteroatoms. The van der Waals surface area contributed by atoms with E-state index in [-0.39, 0.29) is 27.9 Å². The topological polar surface area (TPSA) is 54.4 Å². The first-order chi connectivity index (χ1) is 3.81. The van der Waals surface area contributed by atoms with Crippen LogP contribution in [0.2, 0.25) is 3.67 Å². The molecule has 50 valence electrons. The van der Waals surface area contributed by atoms with E-state index in [0.717, 1.165) is 0 Å². The summed E-state index contributed by atoms with van der Waals surface area (Å²) >= 11 is 0.0390. The molecule has 0 aromatic rings. The molecule has 0 aromatic carbocycles. The van der Waals surface area contributed by atoms with Gasteiger partial charge in [0.1, 0.15) is 0 Å². The summed E-state index contributed by atoms with van der Waals surface area (Å²) in [5.41, 5.74) is 0. The van der Waals surface area contributed by atoms with E-state index in [1.54, 1.807) is 0 Å². The van der Waals surface area contributed by atoms with Gasteiger partial charge >= 0.3 is 68.7 Å². The summed E-state index contributed by atoms with van der Waals surface area (Å²) in [5, 5.41) is -3.93. The van der Waals surface area contributed by atoms with E-state index in [2.05, 4.69) is 0 Å². The van der Waals surface area contributed by atoms with Crippen molar-refractivity contribution in [3.05, 3.63) is 0 Å². The molecule has 1 N–H and O–H groups in total. The van der Waals surface area contributed by atoms with Crippen LogP contribution < -0.4 is 0 Å². The molecule has 0 rings (SSSR count). The van der Waals surface area contributed by atoms with Crippen molar-refractivity contribution in [1.29, 1.82) is 0 Å². The number of alkyl halides is 2. The van der Waals surface area contributed by atoms with Gasteiger partial charge in [0.05, 0.1) is 0 Å². The zero-order valence-corrected chi connectivity index (χ0v) is 7.45. The van der Waals surface area contributed by atoms with E-state index in [0.29, 0.717) is 0 Å². The average Bonchev–Trinajstić information content (AvgIpc) is 1.64. The Bertz CT molecular complexity index is 186. The third-order valence-electron chi connectivity index (χ3n) is 0.789. The molecule has 0 saturated carbocycles. The summed E-state index contributed by atoms with van der Waals surface area (Å²) in [6.45, 7) is 0. The second-order valence-electron chi connectivity index (χ2n) is 1.47. The second kappa shape index (κ2) is 2.79. The minimum absolute atomic E-state index is 0.0390. The molecule has 0 unspecified atom stereocenters. The summed E-state index contributed by atoms with van der Waals surface area (Å²) in [4.78, 5) is 0. The zero-order chi connectivity index (χ0) is 7.71. The molecule has 0 amide bonds. The fourth-order valence-electron chi connectivity index (χ4n) is 0.182. The fourth-order valence-corrected chi connectivity index (χ4v) is 1.64. The van der Waals surface area contributed by atoms with Crippen LogP contribution in [0.4, 0.5) is 8.78 Å². The van der Waals surface area contributed by atoms with Crippen LogP contribution in [0.25, 0.3) is 0 Å². The third kappa shape index (κ3) is 2.46. The van der Waals surface area contributed by atoms with Crippen molar-refractivity contribution in [2.24, 2.45) is 0 Å². The molecule has 0 spiro atoms. The van der Waals surface area contributed by atoms with Crippen LogP contribution in [0.15, 0.2) is 0 Å². The van der Waals surface area contributed by atoms with Gasteiger partial charge in [0.15, 0.2) is 0 Å². The Labute approximate surface area is 68.6 Å². The minimum atomic E-state index is -5.15. The van der Waals surface area contributed by atoms with Crippen molar-refractivity contribution >= 4 is 38.0 Å². The van der Waals surface area contributed by atoms with Crippen LogP contribution >= 0.6 is 0 Å². The molecule has 0 aliphatic rings. The van der Waals surface area contributed by atoms with Crippen molar-refractivity contribution < 1.29 is 21.8 Å². The van der Waals surface area contributed by atoms with E-state index in [9.17, 15) is 17.2 Å². The summed E-state index contributed by atoms with van der Waals surface area (Å²) in [7, 11) is -5.15. The molecule has 0 fully saturated rings. The van der Waals surface area contributed by atoms with Gasteiger partial charge in [-0.3, -0.25) is 0 Å². The van der Waals surface area contributed by atoms with E-state index in [1.807, 2.05) is 0 Å². The van der Waals surface area contributed by atoms with E-state index < -0.39 is 19.0 Å². The van der Waals surface area contributed by atoms with Crippen LogP contribution in [-0.2, 0) is 10.1 Å². The molecule has 0 aliphatic carbocycles. The number of hydrogen-bond donors (Lipinski definition) is 1. The van der Waals surface area contributed by atoms with Gasteiger partial charge < -0.3 is 0 Å². The Morgan fingerprint density at radius 1 is 1.56 bits per heavy atom. The molecule has 0 radical (unpaired) electrons. The van der Waals surface area contributed by atoms with Crippen LogP contribution in [-0.4, -0.2) is 46.2 Å². The van der Waals surface area contributed by atoms with Crippen molar-refractivity contribution in [1.82, 2.24) is 0 Å². The second-order valence-corrected chi connectivity index (χ2v) is 3.72. The maximum atomic E-state index is 11.9. The Morgan fingerprint density at radius 3 is 1.89 bits per heavy atom. The molecular weight excluding hydrogens is 165 g/mol. The molecule has 9 heavy (non-hydrogen) atoms. The Morgan fingerprint density at radius 2 is 1.89 bits per heavy atom. The molecule has 0 bridgehead atoms. The third-order valence-corrected chi connectivity index (χ3v) is 3.23. The van der Waals surface area contributed by atoms with Gasteiger partial charge in [-0.2, -0.15) is 0 Å². The molecule has 3 nitrogen and oxygen atoms in total. The monoisotopic (exact) mass is 168 g/mol. The van der Waals surface area contributed by atoms with Crippen molar-refractivity contribution in [2.45, 2.75) is 8.92 Å². The normalized spacial score (nSPS) is 13.9. The van der Waals surface area contributed by atoms with Gasteiger partial charge in [0.25, 0.3) is 0 Å². The van der Waals surface area contributed by atoms with Crippen molar-refractivity contribution in [3.8, 4) is 0 Å². The predicted molar refractivity (Wildman–Crippen MR) is 27.1 cm³/mol. The van der Waals surface area contributed by atoms with Gasteiger partial charge in [0.2, 0.25) is 0 Å².